The lowest BCUT2D eigenvalue weighted by Crippen LogP contribution is -1.98. The van der Waals surface area contributed by atoms with E-state index in [1.807, 2.05) is 0 Å². The van der Waals surface area contributed by atoms with E-state index in [0.29, 0.717) is 23.5 Å². The van der Waals surface area contributed by atoms with Crippen LogP contribution in [0.25, 0.3) is 6.08 Å². The van der Waals surface area contributed by atoms with E-state index in [1.165, 1.54) is 32.4 Å². The zero-order chi connectivity index (χ0) is 19.8. The zero-order valence-corrected chi connectivity index (χ0v) is 15.2. The Kier molecular flexibility index (Phi) is 6.88. The van der Waals surface area contributed by atoms with Gasteiger partial charge in [0.1, 0.15) is 5.76 Å². The van der Waals surface area contributed by atoms with E-state index in [-0.39, 0.29) is 29.5 Å². The van der Waals surface area contributed by atoms with E-state index in [4.69, 9.17) is 9.47 Å². The molecule has 2 aromatic rings. The van der Waals surface area contributed by atoms with Crippen molar-refractivity contribution in [3.8, 4) is 23.0 Å². The molecular formula is C21H22O6. The first kappa shape index (κ1) is 19.9. The number of phenolic OH excluding ortho intramolecular Hbond substituents is 2. The summed E-state index contributed by atoms with van der Waals surface area (Å²) in [5.41, 5.74) is 1.55. The van der Waals surface area contributed by atoms with Crippen LogP contribution in [0.4, 0.5) is 0 Å². The van der Waals surface area contributed by atoms with Crippen LogP contribution in [0, 0.1) is 0 Å². The van der Waals surface area contributed by atoms with Crippen LogP contribution in [-0.4, -0.2) is 35.3 Å². The molecule has 142 valence electrons. The Morgan fingerprint density at radius 3 is 2.30 bits per heavy atom. The zero-order valence-electron chi connectivity index (χ0n) is 15.2. The number of methoxy groups -OCH3 is 2. The molecular weight excluding hydrogens is 348 g/mol. The third-order valence-corrected chi connectivity index (χ3v) is 3.86. The van der Waals surface area contributed by atoms with Crippen molar-refractivity contribution in [2.24, 2.45) is 0 Å². The van der Waals surface area contributed by atoms with Crippen molar-refractivity contribution in [2.45, 2.75) is 12.8 Å². The summed E-state index contributed by atoms with van der Waals surface area (Å²) in [6.45, 7) is 0. The van der Waals surface area contributed by atoms with Crippen molar-refractivity contribution in [2.75, 3.05) is 14.2 Å². The number of hydrogen-bond donors (Lipinski definition) is 3. The third kappa shape index (κ3) is 5.81. The maximum Gasteiger partial charge on any atom is 0.161 e. The summed E-state index contributed by atoms with van der Waals surface area (Å²) in [4.78, 5) is 12.0. The lowest BCUT2D eigenvalue weighted by Gasteiger charge is -2.05. The van der Waals surface area contributed by atoms with Crippen LogP contribution in [0.1, 0.15) is 17.5 Å². The number of aryl methyl sites for hydroxylation is 1. The summed E-state index contributed by atoms with van der Waals surface area (Å²) >= 11 is 0. The fraction of sp³-hybridized carbons (Fsp3) is 0.190. The Bertz CT molecular complexity index is 867. The van der Waals surface area contributed by atoms with Crippen molar-refractivity contribution in [1.82, 2.24) is 0 Å². The van der Waals surface area contributed by atoms with Crippen LogP contribution in [0.15, 0.2) is 54.3 Å². The first-order valence-corrected chi connectivity index (χ1v) is 8.27. The van der Waals surface area contributed by atoms with E-state index in [2.05, 4.69) is 0 Å². The smallest absolute Gasteiger partial charge is 0.161 e. The van der Waals surface area contributed by atoms with Gasteiger partial charge in [0.2, 0.25) is 0 Å². The van der Waals surface area contributed by atoms with E-state index >= 15 is 0 Å². The number of allylic oxidation sites excluding steroid dienone is 2. The molecule has 0 heterocycles. The highest BCUT2D eigenvalue weighted by Gasteiger charge is 2.06. The molecule has 6 heteroatoms. The molecule has 0 spiro atoms. The second-order valence-electron chi connectivity index (χ2n) is 5.81. The number of ether oxygens (including phenoxy) is 2. The fourth-order valence-corrected chi connectivity index (χ4v) is 2.41. The van der Waals surface area contributed by atoms with E-state index in [1.54, 1.807) is 30.3 Å². The van der Waals surface area contributed by atoms with Gasteiger partial charge >= 0.3 is 0 Å². The van der Waals surface area contributed by atoms with Crippen LogP contribution in [0.5, 0.6) is 23.0 Å². The summed E-state index contributed by atoms with van der Waals surface area (Å²) in [5.74, 6) is 0.339. The highest BCUT2D eigenvalue weighted by molar-refractivity contribution is 5.90. The maximum absolute atomic E-state index is 12.0. The van der Waals surface area contributed by atoms with Crippen molar-refractivity contribution in [3.05, 3.63) is 65.4 Å². The van der Waals surface area contributed by atoms with Crippen molar-refractivity contribution < 1.29 is 29.6 Å². The topological polar surface area (TPSA) is 96.2 Å². The van der Waals surface area contributed by atoms with E-state index in [0.717, 1.165) is 11.6 Å². The van der Waals surface area contributed by atoms with Gasteiger partial charge in [0.15, 0.2) is 28.8 Å². The van der Waals surface area contributed by atoms with Crippen LogP contribution in [0.3, 0.4) is 0 Å². The number of aliphatic hydroxyl groups excluding tert-OH is 1. The van der Waals surface area contributed by atoms with Crippen LogP contribution in [-0.2, 0) is 11.2 Å². The predicted octanol–water partition coefficient (Wildman–Crippen LogP) is 3.77. The Hall–Kier alpha value is -3.41. The van der Waals surface area contributed by atoms with Gasteiger partial charge in [-0.05, 0) is 47.9 Å². The molecule has 0 radical (unpaired) electrons. The van der Waals surface area contributed by atoms with Crippen LogP contribution < -0.4 is 9.47 Å². The number of hydrogen-bond acceptors (Lipinski definition) is 6. The van der Waals surface area contributed by atoms with Gasteiger partial charge in [0.25, 0.3) is 0 Å². The molecule has 0 aliphatic heterocycles. The molecule has 27 heavy (non-hydrogen) atoms. The molecule has 3 N–H and O–H groups in total. The molecule has 6 nitrogen and oxygen atoms in total. The molecule has 0 atom stereocenters. The molecule has 0 bridgehead atoms. The summed E-state index contributed by atoms with van der Waals surface area (Å²) < 4.78 is 10.0. The van der Waals surface area contributed by atoms with Gasteiger partial charge < -0.3 is 24.8 Å². The standard InChI is InChI=1S/C21H22O6/c1-26-20-11-14(5-9-18(20)24)3-7-16(22)13-17(23)8-4-15-6-10-19(25)21(12-15)27-2/h3,5-7,9-13,22,24-25H,4,8H2,1-2H3. The molecule has 0 amide bonds. The monoisotopic (exact) mass is 370 g/mol. The molecule has 0 fully saturated rings. The molecule has 0 unspecified atom stereocenters. The number of carbonyl (C=O) groups is 1. The Morgan fingerprint density at radius 1 is 1.00 bits per heavy atom. The number of aromatic hydroxyl groups is 2. The molecule has 0 aliphatic rings. The number of rotatable bonds is 8. The predicted molar refractivity (Wildman–Crippen MR) is 102 cm³/mol. The van der Waals surface area contributed by atoms with Gasteiger partial charge in [-0.1, -0.05) is 18.2 Å². The van der Waals surface area contributed by atoms with Gasteiger partial charge in [-0.25, -0.2) is 0 Å². The van der Waals surface area contributed by atoms with Crippen molar-refractivity contribution >= 4 is 11.9 Å². The SMILES string of the molecule is COc1cc(C=CC(O)=CC(=O)CCc2ccc(O)c(OC)c2)ccc1O. The van der Waals surface area contributed by atoms with Gasteiger partial charge in [-0.2, -0.15) is 0 Å². The largest absolute Gasteiger partial charge is 0.508 e. The minimum absolute atomic E-state index is 0.0236. The minimum atomic E-state index is -0.229. The summed E-state index contributed by atoms with van der Waals surface area (Å²) in [6, 6.07) is 9.65. The first-order chi connectivity index (χ1) is 12.9. The second kappa shape index (κ2) is 9.33. The number of ketones is 1. The average Bonchev–Trinajstić information content (AvgIpc) is 2.66. The first-order valence-electron chi connectivity index (χ1n) is 8.27. The Labute approximate surface area is 157 Å². The van der Waals surface area contributed by atoms with E-state index < -0.39 is 0 Å². The average molecular weight is 370 g/mol. The molecule has 0 aliphatic carbocycles. The third-order valence-electron chi connectivity index (χ3n) is 3.86. The number of phenols is 2. The number of aliphatic hydroxyl groups is 1. The molecule has 0 aromatic heterocycles. The van der Waals surface area contributed by atoms with Gasteiger partial charge in [0, 0.05) is 12.5 Å². The quantitative estimate of drug-likeness (QED) is 0.372. The van der Waals surface area contributed by atoms with Gasteiger partial charge in [0.05, 0.1) is 14.2 Å². The minimum Gasteiger partial charge on any atom is -0.508 e. The lowest BCUT2D eigenvalue weighted by atomic mass is 10.1. The summed E-state index contributed by atoms with van der Waals surface area (Å²) in [5, 5.41) is 29.0. The highest BCUT2D eigenvalue weighted by atomic mass is 16.5. The van der Waals surface area contributed by atoms with Crippen molar-refractivity contribution in [3.63, 3.8) is 0 Å². The van der Waals surface area contributed by atoms with Crippen molar-refractivity contribution in [1.29, 1.82) is 0 Å². The number of benzene rings is 2. The highest BCUT2D eigenvalue weighted by Crippen LogP contribution is 2.27. The lowest BCUT2D eigenvalue weighted by molar-refractivity contribution is -0.114. The fourth-order valence-electron chi connectivity index (χ4n) is 2.41. The Balaban J connectivity index is 1.96. The second-order valence-corrected chi connectivity index (χ2v) is 5.81. The van der Waals surface area contributed by atoms with Gasteiger partial charge in [-0.3, -0.25) is 4.79 Å². The van der Waals surface area contributed by atoms with Gasteiger partial charge in [-0.15, -0.1) is 0 Å². The Morgan fingerprint density at radius 2 is 1.63 bits per heavy atom. The normalized spacial score (nSPS) is 11.6. The van der Waals surface area contributed by atoms with Crippen LogP contribution >= 0.6 is 0 Å². The molecule has 2 rings (SSSR count). The molecule has 0 saturated carbocycles. The molecule has 0 saturated heterocycles. The van der Waals surface area contributed by atoms with Crippen LogP contribution in [0.2, 0.25) is 0 Å². The number of carbonyl (C=O) groups excluding carboxylic acids is 1. The molecule has 2 aromatic carbocycles. The van der Waals surface area contributed by atoms with E-state index in [9.17, 15) is 20.1 Å². The maximum atomic E-state index is 12.0. The summed E-state index contributed by atoms with van der Waals surface area (Å²) in [7, 11) is 2.91. The summed E-state index contributed by atoms with van der Waals surface area (Å²) in [6.07, 6.45) is 4.82.